The number of carbonyl (C=O) groups excluding carboxylic acids is 1. The molecule has 52 valence electrons. The van der Waals surface area contributed by atoms with Crippen LogP contribution in [0, 0.1) is 0 Å². The number of nitrogens with two attached hydrogens (primary N) is 1. The van der Waals surface area contributed by atoms with E-state index in [-0.39, 0.29) is 5.12 Å². The molecule has 0 fully saturated rings. The first-order valence-corrected chi connectivity index (χ1v) is 3.08. The predicted octanol–water partition coefficient (Wildman–Crippen LogP) is 0.736. The lowest BCUT2D eigenvalue weighted by Gasteiger charge is -2.16. The SMILES string of the molecule is C=CC[C@@](C)(N)C(=O)S. The molecule has 0 aliphatic heterocycles. The Balaban J connectivity index is 4.00. The molecule has 0 amide bonds. The predicted molar refractivity (Wildman–Crippen MR) is 41.4 cm³/mol. The molecule has 0 aliphatic rings. The molecule has 0 saturated heterocycles. The van der Waals surface area contributed by atoms with Crippen LogP contribution in [0.2, 0.25) is 0 Å². The van der Waals surface area contributed by atoms with E-state index < -0.39 is 5.54 Å². The molecule has 0 aromatic rings. The molecular formula is C6H11NOS. The van der Waals surface area contributed by atoms with Gasteiger partial charge in [0.25, 0.3) is 0 Å². The second-order valence-corrected chi connectivity index (χ2v) is 2.62. The molecular weight excluding hydrogens is 134 g/mol. The zero-order chi connectivity index (χ0) is 7.49. The van der Waals surface area contributed by atoms with Gasteiger partial charge in [0.2, 0.25) is 5.12 Å². The first kappa shape index (κ1) is 8.72. The Morgan fingerprint density at radius 2 is 2.44 bits per heavy atom. The lowest BCUT2D eigenvalue weighted by atomic mass is 10.0. The highest BCUT2D eigenvalue weighted by atomic mass is 32.1. The van der Waals surface area contributed by atoms with E-state index in [9.17, 15) is 4.79 Å². The number of rotatable bonds is 3. The summed E-state index contributed by atoms with van der Waals surface area (Å²) in [6.45, 7) is 5.09. The van der Waals surface area contributed by atoms with Gasteiger partial charge in [0.1, 0.15) is 0 Å². The number of carbonyl (C=O) groups is 1. The second kappa shape index (κ2) is 3.03. The van der Waals surface area contributed by atoms with Crippen molar-refractivity contribution in [2.24, 2.45) is 5.73 Å². The smallest absolute Gasteiger partial charge is 0.205 e. The number of thiol groups is 1. The van der Waals surface area contributed by atoms with E-state index in [0.717, 1.165) is 0 Å². The van der Waals surface area contributed by atoms with E-state index in [0.29, 0.717) is 6.42 Å². The summed E-state index contributed by atoms with van der Waals surface area (Å²) >= 11 is 3.60. The molecule has 2 N–H and O–H groups in total. The molecule has 0 aliphatic carbocycles. The minimum Gasteiger partial charge on any atom is -0.318 e. The summed E-state index contributed by atoms with van der Waals surface area (Å²) in [6, 6.07) is 0. The van der Waals surface area contributed by atoms with Gasteiger partial charge >= 0.3 is 0 Å². The third-order valence-corrected chi connectivity index (χ3v) is 1.57. The minimum atomic E-state index is -0.842. The van der Waals surface area contributed by atoms with Gasteiger partial charge in [-0.15, -0.1) is 19.2 Å². The highest BCUT2D eigenvalue weighted by molar-refractivity contribution is 7.96. The Kier molecular flexibility index (Phi) is 2.94. The summed E-state index contributed by atoms with van der Waals surface area (Å²) in [5.41, 5.74) is 4.63. The lowest BCUT2D eigenvalue weighted by molar-refractivity contribution is -0.114. The zero-order valence-electron chi connectivity index (χ0n) is 5.42. The van der Waals surface area contributed by atoms with Crippen molar-refractivity contribution in [3.05, 3.63) is 12.7 Å². The topological polar surface area (TPSA) is 43.1 Å². The van der Waals surface area contributed by atoms with E-state index in [1.165, 1.54) is 0 Å². The highest BCUT2D eigenvalue weighted by Gasteiger charge is 2.22. The summed E-state index contributed by atoms with van der Waals surface area (Å²) in [4.78, 5) is 10.5. The molecule has 0 aromatic heterocycles. The summed E-state index contributed by atoms with van der Waals surface area (Å²) < 4.78 is 0. The molecule has 3 heteroatoms. The average molecular weight is 145 g/mol. The van der Waals surface area contributed by atoms with Crippen molar-refractivity contribution in [2.75, 3.05) is 0 Å². The monoisotopic (exact) mass is 145 g/mol. The van der Waals surface area contributed by atoms with Gasteiger partial charge in [-0.05, 0) is 13.3 Å². The van der Waals surface area contributed by atoms with Crippen LogP contribution in [0.5, 0.6) is 0 Å². The van der Waals surface area contributed by atoms with Crippen molar-refractivity contribution in [3.63, 3.8) is 0 Å². The van der Waals surface area contributed by atoms with E-state index in [1.54, 1.807) is 13.0 Å². The van der Waals surface area contributed by atoms with Gasteiger partial charge in [0.05, 0.1) is 5.54 Å². The quantitative estimate of drug-likeness (QED) is 0.454. The Morgan fingerprint density at radius 3 is 2.56 bits per heavy atom. The third-order valence-electron chi connectivity index (χ3n) is 1.06. The van der Waals surface area contributed by atoms with Crippen LogP contribution in [0.3, 0.4) is 0 Å². The van der Waals surface area contributed by atoms with Gasteiger partial charge in [-0.25, -0.2) is 0 Å². The molecule has 0 spiro atoms. The first-order valence-electron chi connectivity index (χ1n) is 2.64. The zero-order valence-corrected chi connectivity index (χ0v) is 6.32. The van der Waals surface area contributed by atoms with Gasteiger partial charge in [-0.2, -0.15) is 0 Å². The van der Waals surface area contributed by atoms with Crippen LogP contribution in [0.25, 0.3) is 0 Å². The van der Waals surface area contributed by atoms with Crippen molar-refractivity contribution < 1.29 is 4.79 Å². The summed E-state index contributed by atoms with van der Waals surface area (Å²) in [5, 5.41) is -0.303. The molecule has 0 aromatic carbocycles. The van der Waals surface area contributed by atoms with Crippen LogP contribution >= 0.6 is 12.6 Å². The number of hydrogen-bond donors (Lipinski definition) is 2. The largest absolute Gasteiger partial charge is 0.318 e. The van der Waals surface area contributed by atoms with E-state index >= 15 is 0 Å². The standard InChI is InChI=1S/C6H11NOS/c1-3-4-6(2,7)5(8)9/h3H,1,4,7H2,2H3,(H,8,9)/t6-/m1/s1. The molecule has 2 nitrogen and oxygen atoms in total. The van der Waals surface area contributed by atoms with Crippen molar-refractivity contribution >= 4 is 17.7 Å². The maximum absolute atomic E-state index is 10.5. The van der Waals surface area contributed by atoms with Crippen LogP contribution in [0.1, 0.15) is 13.3 Å². The molecule has 0 saturated carbocycles. The van der Waals surface area contributed by atoms with E-state index in [2.05, 4.69) is 19.2 Å². The minimum absolute atomic E-state index is 0.303. The fraction of sp³-hybridized carbons (Fsp3) is 0.500. The summed E-state index contributed by atoms with van der Waals surface area (Å²) in [7, 11) is 0. The Morgan fingerprint density at radius 1 is 2.00 bits per heavy atom. The van der Waals surface area contributed by atoms with Crippen molar-refractivity contribution in [3.8, 4) is 0 Å². The molecule has 0 rings (SSSR count). The highest BCUT2D eigenvalue weighted by Crippen LogP contribution is 2.08. The van der Waals surface area contributed by atoms with Crippen LogP contribution < -0.4 is 5.73 Å². The van der Waals surface area contributed by atoms with Gasteiger partial charge in [-0.3, -0.25) is 4.79 Å². The first-order chi connectivity index (χ1) is 4.00. The summed E-state index contributed by atoms with van der Waals surface area (Å²) in [5.74, 6) is 0. The maximum Gasteiger partial charge on any atom is 0.205 e. The van der Waals surface area contributed by atoms with Crippen LogP contribution in [-0.4, -0.2) is 10.7 Å². The van der Waals surface area contributed by atoms with Gasteiger partial charge in [-0.1, -0.05) is 6.08 Å². The van der Waals surface area contributed by atoms with E-state index in [1.807, 2.05) is 0 Å². The summed E-state index contributed by atoms with van der Waals surface area (Å²) in [6.07, 6.45) is 2.07. The molecule has 0 heterocycles. The van der Waals surface area contributed by atoms with E-state index in [4.69, 9.17) is 5.73 Å². The van der Waals surface area contributed by atoms with Crippen molar-refractivity contribution in [1.29, 1.82) is 0 Å². The van der Waals surface area contributed by atoms with Crippen LogP contribution in [0.15, 0.2) is 12.7 Å². The molecule has 0 unspecified atom stereocenters. The fourth-order valence-corrected chi connectivity index (χ4v) is 0.478. The Bertz CT molecular complexity index is 131. The van der Waals surface area contributed by atoms with Crippen LogP contribution in [-0.2, 0) is 4.79 Å². The molecule has 0 bridgehead atoms. The second-order valence-electron chi connectivity index (χ2n) is 2.22. The van der Waals surface area contributed by atoms with Gasteiger partial charge in [0, 0.05) is 0 Å². The van der Waals surface area contributed by atoms with Crippen LogP contribution in [0.4, 0.5) is 0 Å². The van der Waals surface area contributed by atoms with Crippen molar-refractivity contribution in [2.45, 2.75) is 18.9 Å². The van der Waals surface area contributed by atoms with Gasteiger partial charge in [0.15, 0.2) is 0 Å². The fourth-order valence-electron chi connectivity index (χ4n) is 0.387. The van der Waals surface area contributed by atoms with Crippen molar-refractivity contribution in [1.82, 2.24) is 0 Å². The lowest BCUT2D eigenvalue weighted by Crippen LogP contribution is -2.41. The molecule has 9 heavy (non-hydrogen) atoms. The third kappa shape index (κ3) is 2.67. The number of hydrogen-bond acceptors (Lipinski definition) is 2. The Labute approximate surface area is 60.5 Å². The van der Waals surface area contributed by atoms with Gasteiger partial charge < -0.3 is 5.73 Å². The average Bonchev–Trinajstić information content (AvgIpc) is 1.65. The maximum atomic E-state index is 10.5. The molecule has 0 radical (unpaired) electrons. The Hall–Kier alpha value is -0.280. The molecule has 1 atom stereocenters. The normalized spacial score (nSPS) is 16.3.